The van der Waals surface area contributed by atoms with E-state index >= 15 is 0 Å². The number of nitrogens with one attached hydrogen (secondary N) is 1. The Hall–Kier alpha value is -2.82. The monoisotopic (exact) mass is 354 g/mol. The summed E-state index contributed by atoms with van der Waals surface area (Å²) >= 11 is 0. The van der Waals surface area contributed by atoms with E-state index in [1.54, 1.807) is 11.8 Å². The van der Waals surface area contributed by atoms with Crippen molar-refractivity contribution in [2.75, 3.05) is 18.5 Å². The van der Waals surface area contributed by atoms with Gasteiger partial charge in [0.2, 0.25) is 5.91 Å². The van der Waals surface area contributed by atoms with Crippen LogP contribution in [0.25, 0.3) is 0 Å². The smallest absolute Gasteiger partial charge is 0.262 e. The number of amides is 2. The van der Waals surface area contributed by atoms with Gasteiger partial charge < -0.3 is 15.0 Å². The predicted molar refractivity (Wildman–Crippen MR) is 103 cm³/mol. The summed E-state index contributed by atoms with van der Waals surface area (Å²) in [6.07, 6.45) is 0. The molecule has 0 aliphatic carbocycles. The lowest BCUT2D eigenvalue weighted by molar-refractivity contribution is -0.129. The number of hydrogen-bond acceptors (Lipinski definition) is 3. The van der Waals surface area contributed by atoms with Crippen molar-refractivity contribution in [3.63, 3.8) is 0 Å². The van der Waals surface area contributed by atoms with Crippen LogP contribution in [0.15, 0.2) is 42.5 Å². The van der Waals surface area contributed by atoms with Gasteiger partial charge in [0.25, 0.3) is 5.91 Å². The van der Waals surface area contributed by atoms with Crippen LogP contribution in [0.4, 0.5) is 5.69 Å². The second kappa shape index (κ2) is 9.04. The summed E-state index contributed by atoms with van der Waals surface area (Å²) in [6.45, 7) is 8.55. The molecule has 0 fully saturated rings. The first-order valence-corrected chi connectivity index (χ1v) is 8.73. The largest absolute Gasteiger partial charge is 0.483 e. The highest BCUT2D eigenvalue weighted by Gasteiger charge is 2.09. The van der Waals surface area contributed by atoms with Gasteiger partial charge in [0, 0.05) is 25.7 Å². The lowest BCUT2D eigenvalue weighted by atomic mass is 10.1. The van der Waals surface area contributed by atoms with Crippen molar-refractivity contribution in [1.82, 2.24) is 4.90 Å². The van der Waals surface area contributed by atoms with Gasteiger partial charge in [-0.25, -0.2) is 0 Å². The van der Waals surface area contributed by atoms with Crippen molar-refractivity contribution in [2.45, 2.75) is 34.2 Å². The van der Waals surface area contributed by atoms with E-state index in [2.05, 4.69) is 5.32 Å². The molecule has 5 nitrogen and oxygen atoms in total. The van der Waals surface area contributed by atoms with Gasteiger partial charge >= 0.3 is 0 Å². The zero-order valence-corrected chi connectivity index (χ0v) is 15.8. The quantitative estimate of drug-likeness (QED) is 0.825. The maximum Gasteiger partial charge on any atom is 0.262 e. The van der Waals surface area contributed by atoms with Crippen molar-refractivity contribution >= 4 is 17.5 Å². The molecule has 0 bridgehead atoms. The van der Waals surface area contributed by atoms with E-state index in [-0.39, 0.29) is 18.4 Å². The summed E-state index contributed by atoms with van der Waals surface area (Å²) in [4.78, 5) is 25.5. The third-order valence-corrected chi connectivity index (χ3v) is 4.11. The minimum Gasteiger partial charge on any atom is -0.483 e. The maximum atomic E-state index is 12.2. The SMILES string of the molecule is CCN(Cc1cccc(NC(=O)COc2cc(C)ccc2C)c1)C(C)=O. The van der Waals surface area contributed by atoms with Gasteiger partial charge in [0.05, 0.1) is 0 Å². The molecule has 5 heteroatoms. The Kier molecular flexibility index (Phi) is 6.78. The van der Waals surface area contributed by atoms with E-state index in [9.17, 15) is 9.59 Å². The Morgan fingerprint density at radius 1 is 1.12 bits per heavy atom. The molecular formula is C21H26N2O3. The van der Waals surface area contributed by atoms with Crippen LogP contribution >= 0.6 is 0 Å². The van der Waals surface area contributed by atoms with Crippen molar-refractivity contribution < 1.29 is 14.3 Å². The normalized spacial score (nSPS) is 10.3. The lowest BCUT2D eigenvalue weighted by Crippen LogP contribution is -2.27. The van der Waals surface area contributed by atoms with E-state index in [0.29, 0.717) is 24.5 Å². The van der Waals surface area contributed by atoms with Gasteiger partial charge in [0.1, 0.15) is 5.75 Å². The number of hydrogen-bond donors (Lipinski definition) is 1. The predicted octanol–water partition coefficient (Wildman–Crippen LogP) is 3.69. The first kappa shape index (κ1) is 19.5. The Balaban J connectivity index is 1.95. The molecule has 0 radical (unpaired) electrons. The van der Waals surface area contributed by atoms with E-state index in [1.165, 1.54) is 0 Å². The minimum atomic E-state index is -0.220. The zero-order valence-electron chi connectivity index (χ0n) is 15.8. The van der Waals surface area contributed by atoms with Gasteiger partial charge in [-0.05, 0) is 55.7 Å². The third-order valence-electron chi connectivity index (χ3n) is 4.11. The molecule has 0 aliphatic heterocycles. The molecule has 2 aromatic rings. The molecule has 0 spiro atoms. The molecule has 0 atom stereocenters. The second-order valence-corrected chi connectivity index (χ2v) is 6.34. The Morgan fingerprint density at radius 2 is 1.88 bits per heavy atom. The number of carbonyl (C=O) groups excluding carboxylic acids is 2. The molecule has 138 valence electrons. The fourth-order valence-electron chi connectivity index (χ4n) is 2.62. The topological polar surface area (TPSA) is 58.6 Å². The summed E-state index contributed by atoms with van der Waals surface area (Å²) in [6, 6.07) is 13.4. The summed E-state index contributed by atoms with van der Waals surface area (Å²) in [5.41, 5.74) is 3.74. The average Bonchev–Trinajstić information content (AvgIpc) is 2.60. The fraction of sp³-hybridized carbons (Fsp3) is 0.333. The van der Waals surface area contributed by atoms with Gasteiger partial charge in [-0.3, -0.25) is 9.59 Å². The van der Waals surface area contributed by atoms with Gasteiger partial charge in [-0.15, -0.1) is 0 Å². The van der Waals surface area contributed by atoms with Crippen molar-refractivity contribution in [3.8, 4) is 5.75 Å². The third kappa shape index (κ3) is 5.62. The van der Waals surface area contributed by atoms with Gasteiger partial charge in [-0.2, -0.15) is 0 Å². The van der Waals surface area contributed by atoms with Crippen LogP contribution in [-0.2, 0) is 16.1 Å². The number of benzene rings is 2. The molecule has 2 aromatic carbocycles. The minimum absolute atomic E-state index is 0.0314. The first-order chi connectivity index (χ1) is 12.4. The Labute approximate surface area is 155 Å². The summed E-state index contributed by atoms with van der Waals surface area (Å²) in [5.74, 6) is 0.528. The molecule has 0 saturated heterocycles. The molecule has 0 unspecified atom stereocenters. The van der Waals surface area contributed by atoms with Crippen LogP contribution in [-0.4, -0.2) is 29.9 Å². The van der Waals surface area contributed by atoms with Gasteiger partial charge in [0.15, 0.2) is 6.61 Å². The number of ether oxygens (including phenoxy) is 1. The average molecular weight is 354 g/mol. The molecular weight excluding hydrogens is 328 g/mol. The maximum absolute atomic E-state index is 12.2. The van der Waals surface area contributed by atoms with Crippen molar-refractivity contribution in [3.05, 3.63) is 59.2 Å². The van der Waals surface area contributed by atoms with E-state index in [1.807, 2.05) is 63.2 Å². The molecule has 0 aromatic heterocycles. The van der Waals surface area contributed by atoms with E-state index < -0.39 is 0 Å². The summed E-state index contributed by atoms with van der Waals surface area (Å²) < 4.78 is 5.63. The number of anilines is 1. The lowest BCUT2D eigenvalue weighted by Gasteiger charge is -2.19. The molecule has 1 N–H and O–H groups in total. The zero-order chi connectivity index (χ0) is 19.1. The molecule has 0 saturated carbocycles. The molecule has 26 heavy (non-hydrogen) atoms. The number of nitrogens with zero attached hydrogens (tertiary/aromatic N) is 1. The summed E-state index contributed by atoms with van der Waals surface area (Å²) in [7, 11) is 0. The first-order valence-electron chi connectivity index (χ1n) is 8.73. The van der Waals surface area contributed by atoms with E-state index in [4.69, 9.17) is 4.74 Å². The number of carbonyl (C=O) groups is 2. The van der Waals surface area contributed by atoms with Crippen LogP contribution in [0.1, 0.15) is 30.5 Å². The molecule has 2 rings (SSSR count). The highest BCUT2D eigenvalue weighted by Crippen LogP contribution is 2.19. The van der Waals surface area contributed by atoms with Crippen LogP contribution in [0.3, 0.4) is 0 Å². The highest BCUT2D eigenvalue weighted by molar-refractivity contribution is 5.92. The Morgan fingerprint density at radius 3 is 2.58 bits per heavy atom. The molecule has 0 aliphatic rings. The standard InChI is InChI=1S/C21H26N2O3/c1-5-23(17(4)24)13-18-7-6-8-19(12-18)22-21(25)14-26-20-11-15(2)9-10-16(20)3/h6-12H,5,13-14H2,1-4H3,(H,22,25). The molecule has 2 amide bonds. The fourth-order valence-corrected chi connectivity index (χ4v) is 2.62. The highest BCUT2D eigenvalue weighted by atomic mass is 16.5. The van der Waals surface area contributed by atoms with Gasteiger partial charge in [-0.1, -0.05) is 24.3 Å². The second-order valence-electron chi connectivity index (χ2n) is 6.34. The van der Waals surface area contributed by atoms with Crippen LogP contribution in [0.5, 0.6) is 5.75 Å². The Bertz CT molecular complexity index is 787. The number of rotatable bonds is 7. The van der Waals surface area contributed by atoms with Crippen LogP contribution < -0.4 is 10.1 Å². The summed E-state index contributed by atoms with van der Waals surface area (Å²) in [5, 5.41) is 2.84. The van der Waals surface area contributed by atoms with Crippen LogP contribution in [0.2, 0.25) is 0 Å². The van der Waals surface area contributed by atoms with Crippen LogP contribution in [0, 0.1) is 13.8 Å². The van der Waals surface area contributed by atoms with E-state index in [0.717, 1.165) is 16.7 Å². The molecule has 0 heterocycles. The van der Waals surface area contributed by atoms with Crippen molar-refractivity contribution in [1.29, 1.82) is 0 Å². The van der Waals surface area contributed by atoms with Crippen molar-refractivity contribution in [2.24, 2.45) is 0 Å². The number of aryl methyl sites for hydroxylation is 2.